The standard InChI is InChI=1S/C8H6BrN3O2/c1-12-5-2-4(9)3-10-6(5)7(11-12)8(13)14/h2-3H,1H3,(H,13,14). The lowest BCUT2D eigenvalue weighted by Gasteiger charge is -1.92. The van der Waals surface area contributed by atoms with Gasteiger partial charge in [0, 0.05) is 17.7 Å². The molecule has 0 aromatic carbocycles. The van der Waals surface area contributed by atoms with Gasteiger partial charge in [-0.1, -0.05) is 0 Å². The summed E-state index contributed by atoms with van der Waals surface area (Å²) in [5.41, 5.74) is 1.08. The number of carboxylic acid groups (broad SMARTS) is 1. The molecule has 0 amide bonds. The average molecular weight is 256 g/mol. The first kappa shape index (κ1) is 9.14. The van der Waals surface area contributed by atoms with E-state index in [4.69, 9.17) is 5.11 Å². The van der Waals surface area contributed by atoms with E-state index >= 15 is 0 Å². The Hall–Kier alpha value is -1.43. The van der Waals surface area contributed by atoms with Gasteiger partial charge in [-0.2, -0.15) is 5.10 Å². The molecule has 6 heteroatoms. The highest BCUT2D eigenvalue weighted by atomic mass is 79.9. The largest absolute Gasteiger partial charge is 0.476 e. The number of carbonyl (C=O) groups is 1. The average Bonchev–Trinajstić information content (AvgIpc) is 2.44. The Balaban J connectivity index is 2.84. The minimum atomic E-state index is -1.06. The molecule has 2 rings (SSSR count). The van der Waals surface area contributed by atoms with Gasteiger partial charge in [-0.25, -0.2) is 4.79 Å². The van der Waals surface area contributed by atoms with Gasteiger partial charge >= 0.3 is 5.97 Å². The van der Waals surface area contributed by atoms with Crippen LogP contribution in [0.1, 0.15) is 10.5 Å². The summed E-state index contributed by atoms with van der Waals surface area (Å²) in [6.45, 7) is 0. The molecule has 0 bridgehead atoms. The van der Waals surface area contributed by atoms with Crippen LogP contribution >= 0.6 is 15.9 Å². The summed E-state index contributed by atoms with van der Waals surface area (Å²) in [5, 5.41) is 12.7. The smallest absolute Gasteiger partial charge is 0.358 e. The molecule has 0 radical (unpaired) electrons. The van der Waals surface area contributed by atoms with Crippen LogP contribution in [-0.4, -0.2) is 25.8 Å². The molecule has 0 spiro atoms. The van der Waals surface area contributed by atoms with E-state index in [0.29, 0.717) is 11.0 Å². The second-order valence-corrected chi connectivity index (χ2v) is 3.71. The van der Waals surface area contributed by atoms with Crippen LogP contribution < -0.4 is 0 Å². The molecular weight excluding hydrogens is 250 g/mol. The van der Waals surface area contributed by atoms with E-state index in [1.54, 1.807) is 19.3 Å². The molecule has 0 unspecified atom stereocenters. The molecule has 14 heavy (non-hydrogen) atoms. The number of halogens is 1. The first-order valence-electron chi connectivity index (χ1n) is 3.81. The number of aromatic carboxylic acids is 1. The quantitative estimate of drug-likeness (QED) is 0.837. The van der Waals surface area contributed by atoms with Gasteiger partial charge in [0.1, 0.15) is 5.52 Å². The first-order chi connectivity index (χ1) is 6.59. The maximum absolute atomic E-state index is 10.8. The van der Waals surface area contributed by atoms with Crippen molar-refractivity contribution >= 4 is 32.9 Å². The molecule has 0 fully saturated rings. The predicted octanol–water partition coefficient (Wildman–Crippen LogP) is 1.43. The van der Waals surface area contributed by atoms with Crippen molar-refractivity contribution in [2.75, 3.05) is 0 Å². The van der Waals surface area contributed by atoms with Crippen LogP contribution in [-0.2, 0) is 7.05 Å². The number of carboxylic acids is 1. The summed E-state index contributed by atoms with van der Waals surface area (Å²) in [5.74, 6) is -1.06. The van der Waals surface area contributed by atoms with E-state index in [2.05, 4.69) is 26.0 Å². The van der Waals surface area contributed by atoms with Gasteiger partial charge in [-0.3, -0.25) is 9.67 Å². The summed E-state index contributed by atoms with van der Waals surface area (Å²) in [6, 6.07) is 1.78. The highest BCUT2D eigenvalue weighted by molar-refractivity contribution is 9.10. The summed E-state index contributed by atoms with van der Waals surface area (Å²) in [4.78, 5) is 14.8. The normalized spacial score (nSPS) is 10.7. The second-order valence-electron chi connectivity index (χ2n) is 2.80. The molecule has 72 valence electrons. The molecule has 0 aliphatic carbocycles. The number of aryl methyl sites for hydroxylation is 1. The molecular formula is C8H6BrN3O2. The predicted molar refractivity (Wildman–Crippen MR) is 53.2 cm³/mol. The monoisotopic (exact) mass is 255 g/mol. The Morgan fingerprint density at radius 1 is 1.64 bits per heavy atom. The van der Waals surface area contributed by atoms with E-state index in [1.807, 2.05) is 0 Å². The van der Waals surface area contributed by atoms with Gasteiger partial charge in [0.2, 0.25) is 0 Å². The van der Waals surface area contributed by atoms with E-state index < -0.39 is 5.97 Å². The minimum Gasteiger partial charge on any atom is -0.476 e. The van der Waals surface area contributed by atoms with Crippen LogP contribution in [0.25, 0.3) is 11.0 Å². The topological polar surface area (TPSA) is 68.0 Å². The number of rotatable bonds is 1. The van der Waals surface area contributed by atoms with Crippen LogP contribution in [0.15, 0.2) is 16.7 Å². The van der Waals surface area contributed by atoms with Crippen molar-refractivity contribution in [3.8, 4) is 0 Å². The zero-order valence-electron chi connectivity index (χ0n) is 7.23. The maximum atomic E-state index is 10.8. The Morgan fingerprint density at radius 3 is 3.00 bits per heavy atom. The molecule has 5 nitrogen and oxygen atoms in total. The van der Waals surface area contributed by atoms with Crippen LogP contribution in [0.2, 0.25) is 0 Å². The Bertz CT molecular complexity index is 521. The molecule has 2 aromatic rings. The summed E-state index contributed by atoms with van der Waals surface area (Å²) >= 11 is 3.26. The number of pyridine rings is 1. The maximum Gasteiger partial charge on any atom is 0.358 e. The third-order valence-electron chi connectivity index (χ3n) is 1.86. The fourth-order valence-electron chi connectivity index (χ4n) is 1.25. The number of aromatic nitrogens is 3. The molecule has 0 aliphatic rings. The van der Waals surface area contributed by atoms with Crippen LogP contribution in [0, 0.1) is 0 Å². The number of fused-ring (bicyclic) bond motifs is 1. The van der Waals surface area contributed by atoms with E-state index in [1.165, 1.54) is 4.68 Å². The first-order valence-corrected chi connectivity index (χ1v) is 4.60. The Kier molecular flexibility index (Phi) is 1.99. The van der Waals surface area contributed by atoms with Gasteiger partial charge < -0.3 is 5.11 Å². The molecule has 2 heterocycles. The SMILES string of the molecule is Cn1nc(C(=O)O)c2ncc(Br)cc21. The molecule has 0 aliphatic heterocycles. The van der Waals surface area contributed by atoms with Crippen molar-refractivity contribution in [3.05, 3.63) is 22.4 Å². The Morgan fingerprint density at radius 2 is 2.36 bits per heavy atom. The number of hydrogen-bond acceptors (Lipinski definition) is 3. The highest BCUT2D eigenvalue weighted by Crippen LogP contribution is 2.19. The van der Waals surface area contributed by atoms with Crippen LogP contribution in [0.5, 0.6) is 0 Å². The van der Waals surface area contributed by atoms with Gasteiger partial charge in [0.15, 0.2) is 5.69 Å². The lowest BCUT2D eigenvalue weighted by atomic mass is 10.3. The highest BCUT2D eigenvalue weighted by Gasteiger charge is 2.15. The van der Waals surface area contributed by atoms with Gasteiger partial charge in [0.25, 0.3) is 0 Å². The summed E-state index contributed by atoms with van der Waals surface area (Å²) in [6.07, 6.45) is 1.55. The fourth-order valence-corrected chi connectivity index (χ4v) is 1.57. The molecule has 0 saturated heterocycles. The van der Waals surface area contributed by atoms with E-state index in [-0.39, 0.29) is 5.69 Å². The van der Waals surface area contributed by atoms with Gasteiger partial charge in [-0.05, 0) is 22.0 Å². The molecule has 0 atom stereocenters. The molecule has 2 aromatic heterocycles. The Labute approximate surface area is 87.5 Å². The van der Waals surface area contributed by atoms with Crippen molar-refractivity contribution in [1.82, 2.24) is 14.8 Å². The van der Waals surface area contributed by atoms with Crippen molar-refractivity contribution in [1.29, 1.82) is 0 Å². The number of hydrogen-bond donors (Lipinski definition) is 1. The van der Waals surface area contributed by atoms with E-state index in [9.17, 15) is 4.79 Å². The number of nitrogens with zero attached hydrogens (tertiary/aromatic N) is 3. The third-order valence-corrected chi connectivity index (χ3v) is 2.29. The van der Waals surface area contributed by atoms with Gasteiger partial charge in [0.05, 0.1) is 5.52 Å². The minimum absolute atomic E-state index is 0.0185. The second kappa shape index (κ2) is 3.06. The summed E-state index contributed by atoms with van der Waals surface area (Å²) in [7, 11) is 1.68. The van der Waals surface area contributed by atoms with E-state index in [0.717, 1.165) is 4.47 Å². The molecule has 1 N–H and O–H groups in total. The van der Waals surface area contributed by atoms with Crippen LogP contribution in [0.3, 0.4) is 0 Å². The third kappa shape index (κ3) is 1.27. The summed E-state index contributed by atoms with van der Waals surface area (Å²) < 4.78 is 2.29. The molecule has 0 saturated carbocycles. The lowest BCUT2D eigenvalue weighted by molar-refractivity contribution is 0.0691. The zero-order valence-corrected chi connectivity index (χ0v) is 8.82. The van der Waals surface area contributed by atoms with Crippen molar-refractivity contribution in [3.63, 3.8) is 0 Å². The lowest BCUT2D eigenvalue weighted by Crippen LogP contribution is -1.99. The van der Waals surface area contributed by atoms with Crippen molar-refractivity contribution < 1.29 is 9.90 Å². The van der Waals surface area contributed by atoms with Gasteiger partial charge in [-0.15, -0.1) is 0 Å². The van der Waals surface area contributed by atoms with Crippen molar-refractivity contribution in [2.24, 2.45) is 7.05 Å². The van der Waals surface area contributed by atoms with Crippen LogP contribution in [0.4, 0.5) is 0 Å². The van der Waals surface area contributed by atoms with Crippen molar-refractivity contribution in [2.45, 2.75) is 0 Å². The zero-order chi connectivity index (χ0) is 10.3. The fraction of sp³-hybridized carbons (Fsp3) is 0.125.